The second-order valence-corrected chi connectivity index (χ2v) is 5.08. The molecule has 6 heteroatoms. The first-order valence-corrected chi connectivity index (χ1v) is 6.20. The van der Waals surface area contributed by atoms with E-state index in [1.54, 1.807) is 11.3 Å². The summed E-state index contributed by atoms with van der Waals surface area (Å²) in [6, 6.07) is 11.7. The van der Waals surface area contributed by atoms with E-state index in [0.717, 1.165) is 4.88 Å². The van der Waals surface area contributed by atoms with Crippen LogP contribution < -0.4 is 0 Å². The molecule has 4 nitrogen and oxygen atoms in total. The van der Waals surface area contributed by atoms with Crippen molar-refractivity contribution in [2.45, 2.75) is 6.42 Å². The highest BCUT2D eigenvalue weighted by Gasteiger charge is 2.12. The van der Waals surface area contributed by atoms with Gasteiger partial charge in [-0.05, 0) is 17.5 Å². The summed E-state index contributed by atoms with van der Waals surface area (Å²) in [6.07, 6.45) is 0.569. The first kappa shape index (κ1) is 13.6. The summed E-state index contributed by atoms with van der Waals surface area (Å²) in [5.41, 5.74) is -0.0499. The first-order valence-electron chi connectivity index (χ1n) is 5.39. The number of aromatic carboxylic acids is 1. The lowest BCUT2D eigenvalue weighted by Gasteiger charge is -1.88. The Morgan fingerprint density at radius 1 is 1.32 bits per heavy atom. The van der Waals surface area contributed by atoms with Crippen LogP contribution in [0.4, 0.5) is 0 Å². The zero-order valence-corrected chi connectivity index (χ0v) is 11.3. The van der Waals surface area contributed by atoms with Gasteiger partial charge in [-0.2, -0.15) is 0 Å². The smallest absolute Gasteiger partial charge is 0.358 e. The standard InChI is InChI=1S/C13H9NO3S.ClH/c15-13(16)11-7-9(17-14-11)6-10-5-8-3-1-2-4-12(8)18-10;/h1-5,7H,6H2,(H,15,16);1H. The molecule has 0 aliphatic rings. The number of rotatable bonds is 3. The highest BCUT2D eigenvalue weighted by Crippen LogP contribution is 2.27. The van der Waals surface area contributed by atoms with Crippen LogP contribution in [0.1, 0.15) is 21.1 Å². The summed E-state index contributed by atoms with van der Waals surface area (Å²) < 4.78 is 6.22. The van der Waals surface area contributed by atoms with Crippen molar-refractivity contribution in [2.75, 3.05) is 0 Å². The Morgan fingerprint density at radius 2 is 2.11 bits per heavy atom. The van der Waals surface area contributed by atoms with Crippen molar-refractivity contribution in [1.82, 2.24) is 5.16 Å². The predicted octanol–water partition coefficient (Wildman–Crippen LogP) is 3.60. The monoisotopic (exact) mass is 295 g/mol. The molecule has 0 atom stereocenters. The van der Waals surface area contributed by atoms with Crippen molar-refractivity contribution in [3.05, 3.63) is 52.7 Å². The van der Waals surface area contributed by atoms with Crippen LogP contribution in [0, 0.1) is 0 Å². The van der Waals surface area contributed by atoms with Crippen LogP contribution >= 0.6 is 23.7 Å². The molecule has 1 N–H and O–H groups in total. The predicted molar refractivity (Wildman–Crippen MR) is 75.3 cm³/mol. The van der Waals surface area contributed by atoms with Crippen LogP contribution in [0.25, 0.3) is 10.1 Å². The Labute approximate surface area is 119 Å². The SMILES string of the molecule is Cl.O=C(O)c1cc(Cc2cc3ccccc3s2)on1. The minimum absolute atomic E-state index is 0. The van der Waals surface area contributed by atoms with E-state index in [2.05, 4.69) is 23.4 Å². The maximum absolute atomic E-state index is 10.7. The topological polar surface area (TPSA) is 63.3 Å². The third kappa shape index (κ3) is 2.77. The molecule has 0 radical (unpaired) electrons. The molecule has 98 valence electrons. The van der Waals surface area contributed by atoms with Crippen molar-refractivity contribution in [1.29, 1.82) is 0 Å². The second-order valence-electron chi connectivity index (χ2n) is 3.91. The minimum atomic E-state index is -1.07. The summed E-state index contributed by atoms with van der Waals surface area (Å²) >= 11 is 1.67. The summed E-state index contributed by atoms with van der Waals surface area (Å²) in [7, 11) is 0. The zero-order valence-electron chi connectivity index (χ0n) is 9.70. The van der Waals surface area contributed by atoms with Gasteiger partial charge in [-0.3, -0.25) is 0 Å². The molecule has 0 amide bonds. The molecule has 0 spiro atoms. The molecule has 2 heterocycles. The number of carbonyl (C=O) groups is 1. The number of carboxylic acid groups (broad SMARTS) is 1. The van der Waals surface area contributed by atoms with Crippen molar-refractivity contribution < 1.29 is 14.4 Å². The molecule has 1 aromatic carbocycles. The Hall–Kier alpha value is -1.85. The summed E-state index contributed by atoms with van der Waals surface area (Å²) in [6.45, 7) is 0. The van der Waals surface area contributed by atoms with Gasteiger partial charge in [-0.15, -0.1) is 23.7 Å². The quantitative estimate of drug-likeness (QED) is 0.802. The average molecular weight is 296 g/mol. The molecule has 2 aromatic heterocycles. The Bertz CT molecular complexity index is 686. The molecule has 3 aromatic rings. The van der Waals surface area contributed by atoms with Crippen LogP contribution in [0.2, 0.25) is 0 Å². The van der Waals surface area contributed by atoms with Gasteiger partial charge in [0.25, 0.3) is 0 Å². The van der Waals surface area contributed by atoms with Gasteiger partial charge in [0.15, 0.2) is 5.69 Å². The van der Waals surface area contributed by atoms with Gasteiger partial charge in [0.05, 0.1) is 0 Å². The maximum atomic E-state index is 10.7. The fourth-order valence-electron chi connectivity index (χ4n) is 1.79. The third-order valence-corrected chi connectivity index (χ3v) is 3.72. The van der Waals surface area contributed by atoms with Crippen LogP contribution in [-0.2, 0) is 6.42 Å². The van der Waals surface area contributed by atoms with Gasteiger partial charge < -0.3 is 9.63 Å². The van der Waals surface area contributed by atoms with E-state index in [1.165, 1.54) is 16.2 Å². The molecule has 0 saturated carbocycles. The fourth-order valence-corrected chi connectivity index (χ4v) is 2.87. The number of halogens is 1. The summed E-state index contributed by atoms with van der Waals surface area (Å²) in [5, 5.41) is 13.4. The van der Waals surface area contributed by atoms with Crippen molar-refractivity contribution in [3.8, 4) is 0 Å². The van der Waals surface area contributed by atoms with E-state index in [9.17, 15) is 4.79 Å². The molecule has 0 bridgehead atoms. The fraction of sp³-hybridized carbons (Fsp3) is 0.0769. The van der Waals surface area contributed by atoms with Crippen molar-refractivity contribution in [3.63, 3.8) is 0 Å². The molecular formula is C13H10ClNO3S. The van der Waals surface area contributed by atoms with E-state index >= 15 is 0 Å². The van der Waals surface area contributed by atoms with E-state index in [4.69, 9.17) is 9.63 Å². The molecule has 3 rings (SSSR count). The van der Waals surface area contributed by atoms with Crippen LogP contribution in [-0.4, -0.2) is 16.2 Å². The molecule has 0 aliphatic heterocycles. The lowest BCUT2D eigenvalue weighted by Crippen LogP contribution is -1.94. The lowest BCUT2D eigenvalue weighted by atomic mass is 10.2. The zero-order chi connectivity index (χ0) is 12.5. The normalized spacial score (nSPS) is 10.3. The minimum Gasteiger partial charge on any atom is -0.476 e. The van der Waals surface area contributed by atoms with Crippen LogP contribution in [0.3, 0.4) is 0 Å². The number of hydrogen-bond acceptors (Lipinski definition) is 4. The number of benzene rings is 1. The number of hydrogen-bond donors (Lipinski definition) is 1. The third-order valence-electron chi connectivity index (χ3n) is 2.60. The van der Waals surface area contributed by atoms with E-state index in [1.807, 2.05) is 12.1 Å². The molecule has 19 heavy (non-hydrogen) atoms. The van der Waals surface area contributed by atoms with Gasteiger partial charge in [-0.1, -0.05) is 23.4 Å². The Balaban J connectivity index is 0.00000133. The average Bonchev–Trinajstić information content (AvgIpc) is 2.94. The summed E-state index contributed by atoms with van der Waals surface area (Å²) in [5.74, 6) is -0.500. The van der Waals surface area contributed by atoms with Gasteiger partial charge >= 0.3 is 5.97 Å². The van der Waals surface area contributed by atoms with Gasteiger partial charge in [0, 0.05) is 22.1 Å². The molecule has 0 unspecified atom stereocenters. The highest BCUT2D eigenvalue weighted by atomic mass is 35.5. The lowest BCUT2D eigenvalue weighted by molar-refractivity contribution is 0.0685. The Kier molecular flexibility index (Phi) is 3.87. The maximum Gasteiger partial charge on any atom is 0.358 e. The van der Waals surface area contributed by atoms with Crippen LogP contribution in [0.5, 0.6) is 0 Å². The van der Waals surface area contributed by atoms with Gasteiger partial charge in [0.2, 0.25) is 0 Å². The van der Waals surface area contributed by atoms with Gasteiger partial charge in [0.1, 0.15) is 5.76 Å². The number of nitrogens with zero attached hydrogens (tertiary/aromatic N) is 1. The second kappa shape index (κ2) is 5.42. The van der Waals surface area contributed by atoms with Gasteiger partial charge in [-0.25, -0.2) is 4.79 Å². The Morgan fingerprint density at radius 3 is 2.79 bits per heavy atom. The largest absolute Gasteiger partial charge is 0.476 e. The number of fused-ring (bicyclic) bond motifs is 1. The molecule has 0 fully saturated rings. The first-order chi connectivity index (χ1) is 8.72. The molecule has 0 saturated heterocycles. The van der Waals surface area contributed by atoms with Crippen LogP contribution in [0.15, 0.2) is 40.9 Å². The highest BCUT2D eigenvalue weighted by molar-refractivity contribution is 7.19. The number of aromatic nitrogens is 1. The molecule has 0 aliphatic carbocycles. The van der Waals surface area contributed by atoms with E-state index in [0.29, 0.717) is 12.2 Å². The van der Waals surface area contributed by atoms with E-state index in [-0.39, 0.29) is 18.1 Å². The van der Waals surface area contributed by atoms with Crippen molar-refractivity contribution in [2.24, 2.45) is 0 Å². The number of carboxylic acids is 1. The summed E-state index contributed by atoms with van der Waals surface area (Å²) in [4.78, 5) is 11.8. The van der Waals surface area contributed by atoms with E-state index < -0.39 is 5.97 Å². The molecular weight excluding hydrogens is 286 g/mol. The number of thiophene rings is 1. The van der Waals surface area contributed by atoms with Crippen molar-refractivity contribution >= 4 is 39.8 Å².